The van der Waals surface area contributed by atoms with Gasteiger partial charge in [0.25, 0.3) is 5.91 Å². The van der Waals surface area contributed by atoms with Gasteiger partial charge in [-0.1, -0.05) is 26.0 Å². The Morgan fingerprint density at radius 2 is 1.68 bits per heavy atom. The van der Waals surface area contributed by atoms with E-state index in [0.29, 0.717) is 35.8 Å². The lowest BCUT2D eigenvalue weighted by atomic mass is 10.1. The van der Waals surface area contributed by atoms with Crippen molar-refractivity contribution >= 4 is 17.4 Å². The molecule has 0 bridgehead atoms. The second-order valence-corrected chi connectivity index (χ2v) is 5.48. The number of nitrogens with one attached hydrogen (secondary N) is 1. The van der Waals surface area contributed by atoms with Crippen LogP contribution in [0.5, 0.6) is 11.5 Å². The van der Waals surface area contributed by atoms with Crippen molar-refractivity contribution in [2.45, 2.75) is 26.7 Å². The van der Waals surface area contributed by atoms with Crippen LogP contribution in [0, 0.1) is 0 Å². The van der Waals surface area contributed by atoms with Crippen LogP contribution in [0.2, 0.25) is 0 Å². The molecule has 0 aliphatic rings. The number of ketones is 1. The number of benzene rings is 2. The standard InChI is InChI=1S/C20H23NO4/c1-3-13-24-19-8-6-5-7-17(19)21-20(23)14-25-16-11-9-15(10-12-16)18(22)4-2/h5-12H,3-4,13-14H2,1-2H3,(H,21,23). The van der Waals surface area contributed by atoms with Gasteiger partial charge in [0, 0.05) is 12.0 Å². The molecule has 0 aliphatic carbocycles. The normalized spacial score (nSPS) is 10.2. The summed E-state index contributed by atoms with van der Waals surface area (Å²) in [6.07, 6.45) is 1.35. The predicted octanol–water partition coefficient (Wildman–Crippen LogP) is 4.09. The number of hydrogen-bond acceptors (Lipinski definition) is 4. The summed E-state index contributed by atoms with van der Waals surface area (Å²) >= 11 is 0. The molecular formula is C20H23NO4. The first-order valence-corrected chi connectivity index (χ1v) is 8.41. The topological polar surface area (TPSA) is 64.6 Å². The fourth-order valence-electron chi connectivity index (χ4n) is 2.18. The molecule has 0 saturated carbocycles. The molecule has 0 atom stereocenters. The number of amides is 1. The minimum absolute atomic E-state index is 0.0768. The summed E-state index contributed by atoms with van der Waals surface area (Å²) in [6, 6.07) is 14.1. The number of para-hydroxylation sites is 2. The lowest BCUT2D eigenvalue weighted by molar-refractivity contribution is -0.118. The van der Waals surface area contributed by atoms with Crippen molar-refractivity contribution in [3.05, 3.63) is 54.1 Å². The van der Waals surface area contributed by atoms with Crippen molar-refractivity contribution in [2.24, 2.45) is 0 Å². The van der Waals surface area contributed by atoms with Crippen LogP contribution in [0.25, 0.3) is 0 Å². The highest BCUT2D eigenvalue weighted by molar-refractivity contribution is 5.96. The first-order chi connectivity index (χ1) is 12.1. The van der Waals surface area contributed by atoms with Crippen molar-refractivity contribution in [1.82, 2.24) is 0 Å². The molecule has 0 saturated heterocycles. The van der Waals surface area contributed by atoms with Crippen molar-refractivity contribution in [1.29, 1.82) is 0 Å². The number of carbonyl (C=O) groups excluding carboxylic acids is 2. The average Bonchev–Trinajstić information content (AvgIpc) is 2.65. The SMILES string of the molecule is CCCOc1ccccc1NC(=O)COc1ccc(C(=O)CC)cc1. The molecule has 2 rings (SSSR count). The van der Waals surface area contributed by atoms with Gasteiger partial charge >= 0.3 is 0 Å². The molecule has 1 amide bonds. The molecule has 132 valence electrons. The minimum atomic E-state index is -0.277. The van der Waals surface area contributed by atoms with Gasteiger partial charge in [-0.05, 0) is 42.8 Å². The Morgan fingerprint density at radius 1 is 0.960 bits per heavy atom. The Hall–Kier alpha value is -2.82. The predicted molar refractivity (Wildman–Crippen MR) is 97.4 cm³/mol. The molecule has 5 heteroatoms. The molecule has 0 heterocycles. The highest BCUT2D eigenvalue weighted by Gasteiger charge is 2.09. The molecule has 5 nitrogen and oxygen atoms in total. The third-order valence-electron chi connectivity index (χ3n) is 3.49. The largest absolute Gasteiger partial charge is 0.491 e. The van der Waals surface area contributed by atoms with Gasteiger partial charge in [0.15, 0.2) is 12.4 Å². The summed E-state index contributed by atoms with van der Waals surface area (Å²) in [4.78, 5) is 23.7. The Labute approximate surface area is 148 Å². The van der Waals surface area contributed by atoms with Crippen molar-refractivity contribution in [2.75, 3.05) is 18.5 Å². The van der Waals surface area contributed by atoms with Crippen LogP contribution in [0.4, 0.5) is 5.69 Å². The van der Waals surface area contributed by atoms with E-state index < -0.39 is 0 Å². The van der Waals surface area contributed by atoms with Crippen molar-refractivity contribution in [3.8, 4) is 11.5 Å². The van der Waals surface area contributed by atoms with E-state index in [4.69, 9.17) is 9.47 Å². The monoisotopic (exact) mass is 341 g/mol. The fourth-order valence-corrected chi connectivity index (χ4v) is 2.18. The molecule has 0 aromatic heterocycles. The van der Waals surface area contributed by atoms with Crippen LogP contribution in [0.3, 0.4) is 0 Å². The van der Waals surface area contributed by atoms with Gasteiger partial charge in [0.2, 0.25) is 0 Å². The number of carbonyl (C=O) groups is 2. The molecule has 0 radical (unpaired) electrons. The highest BCUT2D eigenvalue weighted by Crippen LogP contribution is 2.23. The Morgan fingerprint density at radius 3 is 2.36 bits per heavy atom. The summed E-state index contributed by atoms with van der Waals surface area (Å²) < 4.78 is 11.1. The molecule has 0 fully saturated rings. The van der Waals surface area contributed by atoms with E-state index in [-0.39, 0.29) is 18.3 Å². The third-order valence-corrected chi connectivity index (χ3v) is 3.49. The second kappa shape index (κ2) is 9.47. The minimum Gasteiger partial charge on any atom is -0.491 e. The lowest BCUT2D eigenvalue weighted by Crippen LogP contribution is -2.20. The van der Waals surface area contributed by atoms with E-state index in [2.05, 4.69) is 5.32 Å². The number of Topliss-reactive ketones (excluding diaryl/α,β-unsaturated/α-hetero) is 1. The molecule has 0 unspecified atom stereocenters. The van der Waals surface area contributed by atoms with Crippen LogP contribution in [0.1, 0.15) is 37.0 Å². The molecule has 25 heavy (non-hydrogen) atoms. The average molecular weight is 341 g/mol. The zero-order chi connectivity index (χ0) is 18.1. The maximum Gasteiger partial charge on any atom is 0.262 e. The van der Waals surface area contributed by atoms with E-state index in [1.807, 2.05) is 32.0 Å². The summed E-state index contributed by atoms with van der Waals surface area (Å²) in [5.74, 6) is 0.979. The first-order valence-electron chi connectivity index (χ1n) is 8.41. The number of anilines is 1. The van der Waals surface area contributed by atoms with Gasteiger partial charge in [-0.15, -0.1) is 0 Å². The molecule has 2 aromatic rings. The molecule has 2 aromatic carbocycles. The van der Waals surface area contributed by atoms with Crippen LogP contribution in [-0.2, 0) is 4.79 Å². The smallest absolute Gasteiger partial charge is 0.262 e. The molecule has 0 aliphatic heterocycles. The van der Waals surface area contributed by atoms with E-state index in [9.17, 15) is 9.59 Å². The fraction of sp³-hybridized carbons (Fsp3) is 0.300. The van der Waals surface area contributed by atoms with Gasteiger partial charge in [0.05, 0.1) is 12.3 Å². The van der Waals surface area contributed by atoms with Crippen LogP contribution < -0.4 is 14.8 Å². The number of ether oxygens (including phenoxy) is 2. The van der Waals surface area contributed by atoms with Gasteiger partial charge in [-0.25, -0.2) is 0 Å². The quantitative estimate of drug-likeness (QED) is 0.698. The summed E-state index contributed by atoms with van der Waals surface area (Å²) in [6.45, 7) is 4.31. The number of rotatable bonds is 9. The summed E-state index contributed by atoms with van der Waals surface area (Å²) in [5, 5.41) is 2.79. The molecule has 1 N–H and O–H groups in total. The maximum absolute atomic E-state index is 12.1. The van der Waals surface area contributed by atoms with Crippen LogP contribution >= 0.6 is 0 Å². The van der Waals surface area contributed by atoms with Crippen molar-refractivity contribution < 1.29 is 19.1 Å². The zero-order valence-corrected chi connectivity index (χ0v) is 14.6. The highest BCUT2D eigenvalue weighted by atomic mass is 16.5. The second-order valence-electron chi connectivity index (χ2n) is 5.48. The summed E-state index contributed by atoms with van der Waals surface area (Å²) in [7, 11) is 0. The Balaban J connectivity index is 1.89. The first kappa shape index (κ1) is 18.5. The van der Waals surface area contributed by atoms with E-state index in [1.54, 1.807) is 30.3 Å². The molecular weight excluding hydrogens is 318 g/mol. The van der Waals surface area contributed by atoms with Crippen LogP contribution in [0.15, 0.2) is 48.5 Å². The van der Waals surface area contributed by atoms with Gasteiger partial charge < -0.3 is 14.8 Å². The number of hydrogen-bond donors (Lipinski definition) is 1. The zero-order valence-electron chi connectivity index (χ0n) is 14.6. The van der Waals surface area contributed by atoms with E-state index >= 15 is 0 Å². The Kier molecular flexibility index (Phi) is 7.01. The summed E-state index contributed by atoms with van der Waals surface area (Å²) in [5.41, 5.74) is 1.26. The van der Waals surface area contributed by atoms with E-state index in [0.717, 1.165) is 6.42 Å². The van der Waals surface area contributed by atoms with Crippen LogP contribution in [-0.4, -0.2) is 24.9 Å². The van der Waals surface area contributed by atoms with Gasteiger partial charge in [-0.3, -0.25) is 9.59 Å². The Bertz CT molecular complexity index is 710. The molecule has 0 spiro atoms. The van der Waals surface area contributed by atoms with Gasteiger partial charge in [0.1, 0.15) is 11.5 Å². The third kappa shape index (κ3) is 5.64. The van der Waals surface area contributed by atoms with E-state index in [1.165, 1.54) is 0 Å². The van der Waals surface area contributed by atoms with Crippen molar-refractivity contribution in [3.63, 3.8) is 0 Å². The maximum atomic E-state index is 12.1. The van der Waals surface area contributed by atoms with Gasteiger partial charge in [-0.2, -0.15) is 0 Å². The lowest BCUT2D eigenvalue weighted by Gasteiger charge is -2.12.